The molecule has 15 heavy (non-hydrogen) atoms. The Bertz CT molecular complexity index is 316. The van der Waals surface area contributed by atoms with Crippen LogP contribution in [0.2, 0.25) is 0 Å². The van der Waals surface area contributed by atoms with Gasteiger partial charge in [-0.05, 0) is 19.4 Å². The maximum Gasteiger partial charge on any atom is 0.239 e. The lowest BCUT2D eigenvalue weighted by atomic mass is 10.2. The van der Waals surface area contributed by atoms with Crippen LogP contribution in [0.15, 0.2) is 12.4 Å². The summed E-state index contributed by atoms with van der Waals surface area (Å²) in [5, 5.41) is 3.20. The van der Waals surface area contributed by atoms with Gasteiger partial charge in [0.2, 0.25) is 5.91 Å². The lowest BCUT2D eigenvalue weighted by molar-refractivity contribution is -0.132. The first-order chi connectivity index (χ1) is 7.27. The number of carbonyl (C=O) groups is 1. The first-order valence-corrected chi connectivity index (χ1v) is 5.24. The van der Waals surface area contributed by atoms with Crippen molar-refractivity contribution in [3.8, 4) is 0 Å². The molecule has 1 aromatic rings. The van der Waals surface area contributed by atoms with Crippen molar-refractivity contribution in [3.63, 3.8) is 0 Å². The normalized spacial score (nSPS) is 20.5. The summed E-state index contributed by atoms with van der Waals surface area (Å²) in [5.74, 6) is 0.979. The molecule has 0 unspecified atom stereocenters. The highest BCUT2D eigenvalue weighted by atomic mass is 16.2. The summed E-state index contributed by atoms with van der Waals surface area (Å²) in [6, 6.07) is 0.00459. The highest BCUT2D eigenvalue weighted by Gasteiger charge is 2.24. The zero-order valence-corrected chi connectivity index (χ0v) is 8.86. The number of nitrogens with one attached hydrogen (secondary N) is 2. The van der Waals surface area contributed by atoms with Crippen LogP contribution in [0.4, 0.5) is 0 Å². The number of carbonyl (C=O) groups excluding carboxylic acids is 1. The molecule has 0 saturated carbocycles. The largest absolute Gasteiger partial charge is 0.347 e. The molecule has 2 N–H and O–H groups in total. The van der Waals surface area contributed by atoms with E-state index in [2.05, 4.69) is 15.3 Å². The molecule has 1 amide bonds. The Hall–Kier alpha value is -1.36. The Morgan fingerprint density at radius 2 is 2.60 bits per heavy atom. The number of hydrogen-bond acceptors (Lipinski definition) is 3. The second-order valence-electron chi connectivity index (χ2n) is 3.88. The third kappa shape index (κ3) is 2.36. The Morgan fingerprint density at radius 3 is 3.20 bits per heavy atom. The quantitative estimate of drug-likeness (QED) is 0.741. The number of hydrogen-bond donors (Lipinski definition) is 2. The van der Waals surface area contributed by atoms with Crippen molar-refractivity contribution < 1.29 is 4.79 Å². The van der Waals surface area contributed by atoms with E-state index in [0.29, 0.717) is 6.54 Å². The van der Waals surface area contributed by atoms with Crippen molar-refractivity contribution in [2.24, 2.45) is 0 Å². The average molecular weight is 208 g/mol. The summed E-state index contributed by atoms with van der Waals surface area (Å²) in [4.78, 5) is 20.7. The van der Waals surface area contributed by atoms with Crippen LogP contribution in [0.3, 0.4) is 0 Å². The third-order valence-corrected chi connectivity index (χ3v) is 2.68. The molecular formula is C10H16N4O. The zero-order valence-electron chi connectivity index (χ0n) is 8.86. The molecule has 0 spiro atoms. The van der Waals surface area contributed by atoms with Gasteiger partial charge in [0.25, 0.3) is 0 Å². The summed E-state index contributed by atoms with van der Waals surface area (Å²) < 4.78 is 0. The second-order valence-corrected chi connectivity index (χ2v) is 3.88. The Kier molecular flexibility index (Phi) is 3.01. The molecule has 2 heterocycles. The van der Waals surface area contributed by atoms with Crippen molar-refractivity contribution in [2.45, 2.75) is 25.4 Å². The fourth-order valence-electron chi connectivity index (χ4n) is 1.85. The molecule has 0 aromatic carbocycles. The van der Waals surface area contributed by atoms with Gasteiger partial charge in [0, 0.05) is 19.4 Å². The van der Waals surface area contributed by atoms with E-state index in [9.17, 15) is 4.79 Å². The summed E-state index contributed by atoms with van der Waals surface area (Å²) in [5.41, 5.74) is 0. The van der Waals surface area contributed by atoms with Crippen LogP contribution in [0.25, 0.3) is 0 Å². The highest BCUT2D eigenvalue weighted by Crippen LogP contribution is 2.08. The van der Waals surface area contributed by atoms with Gasteiger partial charge in [0.15, 0.2) is 0 Å². The first-order valence-electron chi connectivity index (χ1n) is 5.24. The summed E-state index contributed by atoms with van der Waals surface area (Å²) >= 11 is 0. The Labute approximate surface area is 88.9 Å². The molecule has 5 nitrogen and oxygen atoms in total. The van der Waals surface area contributed by atoms with Gasteiger partial charge in [-0.3, -0.25) is 4.79 Å². The number of imidazole rings is 1. The lowest BCUT2D eigenvalue weighted by Gasteiger charge is -2.19. The average Bonchev–Trinajstić information content (AvgIpc) is 2.88. The number of aromatic amines is 1. The fraction of sp³-hybridized carbons (Fsp3) is 0.600. The van der Waals surface area contributed by atoms with E-state index >= 15 is 0 Å². The van der Waals surface area contributed by atoms with Crippen LogP contribution < -0.4 is 5.32 Å². The van der Waals surface area contributed by atoms with Crippen molar-refractivity contribution in [1.29, 1.82) is 0 Å². The molecule has 5 heteroatoms. The van der Waals surface area contributed by atoms with E-state index in [1.54, 1.807) is 17.3 Å². The van der Waals surface area contributed by atoms with Gasteiger partial charge in [0.1, 0.15) is 5.82 Å². The van der Waals surface area contributed by atoms with E-state index in [-0.39, 0.29) is 11.9 Å². The molecular weight excluding hydrogens is 192 g/mol. The van der Waals surface area contributed by atoms with Crippen LogP contribution in [-0.4, -0.2) is 40.4 Å². The predicted octanol–water partition coefficient (Wildman–Crippen LogP) is 0.120. The predicted molar refractivity (Wildman–Crippen MR) is 56.1 cm³/mol. The van der Waals surface area contributed by atoms with Gasteiger partial charge in [-0.1, -0.05) is 0 Å². The van der Waals surface area contributed by atoms with E-state index in [4.69, 9.17) is 0 Å². The molecule has 1 aliphatic rings. The third-order valence-electron chi connectivity index (χ3n) is 2.68. The van der Waals surface area contributed by atoms with Crippen LogP contribution in [-0.2, 0) is 11.3 Å². The minimum Gasteiger partial charge on any atom is -0.347 e. The number of aromatic nitrogens is 2. The van der Waals surface area contributed by atoms with Crippen LogP contribution >= 0.6 is 0 Å². The summed E-state index contributed by atoms with van der Waals surface area (Å²) in [6.07, 6.45) is 5.50. The molecule has 1 fully saturated rings. The molecule has 82 valence electrons. The number of nitrogens with zero attached hydrogens (tertiary/aromatic N) is 2. The van der Waals surface area contributed by atoms with E-state index in [1.807, 2.05) is 7.05 Å². The highest BCUT2D eigenvalue weighted by molar-refractivity contribution is 5.81. The van der Waals surface area contributed by atoms with Gasteiger partial charge in [-0.15, -0.1) is 0 Å². The van der Waals surface area contributed by atoms with E-state index in [1.165, 1.54) is 0 Å². The van der Waals surface area contributed by atoms with Crippen molar-refractivity contribution in [1.82, 2.24) is 20.2 Å². The first kappa shape index (κ1) is 10.2. The van der Waals surface area contributed by atoms with Gasteiger partial charge in [0.05, 0.1) is 12.6 Å². The van der Waals surface area contributed by atoms with E-state index in [0.717, 1.165) is 25.2 Å². The minimum atomic E-state index is 0.00459. The number of likely N-dealkylation sites (N-methyl/N-ethyl adjacent to an activating group) is 1. The van der Waals surface area contributed by atoms with E-state index < -0.39 is 0 Å². The van der Waals surface area contributed by atoms with Crippen LogP contribution in [0, 0.1) is 0 Å². The topological polar surface area (TPSA) is 61.0 Å². The van der Waals surface area contributed by atoms with Crippen LogP contribution in [0.1, 0.15) is 18.7 Å². The van der Waals surface area contributed by atoms with Crippen molar-refractivity contribution in [2.75, 3.05) is 13.6 Å². The lowest BCUT2D eigenvalue weighted by Crippen LogP contribution is -2.41. The maximum atomic E-state index is 11.9. The molecule has 2 rings (SSSR count). The maximum absolute atomic E-state index is 11.9. The minimum absolute atomic E-state index is 0.00459. The van der Waals surface area contributed by atoms with Gasteiger partial charge in [-0.2, -0.15) is 0 Å². The molecule has 0 bridgehead atoms. The second kappa shape index (κ2) is 4.44. The molecule has 0 radical (unpaired) electrons. The summed E-state index contributed by atoms with van der Waals surface area (Å²) in [7, 11) is 1.81. The van der Waals surface area contributed by atoms with Crippen molar-refractivity contribution in [3.05, 3.63) is 18.2 Å². The van der Waals surface area contributed by atoms with Gasteiger partial charge >= 0.3 is 0 Å². The Morgan fingerprint density at radius 1 is 1.73 bits per heavy atom. The van der Waals surface area contributed by atoms with Crippen LogP contribution in [0.5, 0.6) is 0 Å². The smallest absolute Gasteiger partial charge is 0.239 e. The summed E-state index contributed by atoms with van der Waals surface area (Å²) in [6.45, 7) is 1.50. The number of H-pyrrole nitrogens is 1. The SMILES string of the molecule is CN(Cc1ncc[nH]1)C(=O)[C@@H]1CCCN1. The molecule has 0 aliphatic carbocycles. The number of amides is 1. The fourth-order valence-corrected chi connectivity index (χ4v) is 1.85. The molecule has 1 aromatic heterocycles. The standard InChI is InChI=1S/C10H16N4O/c1-14(7-9-12-5-6-13-9)10(15)8-3-2-4-11-8/h5-6,8,11H,2-4,7H2,1H3,(H,12,13)/t8-/m0/s1. The molecule has 1 aliphatic heterocycles. The Balaban J connectivity index is 1.89. The van der Waals surface area contributed by atoms with Gasteiger partial charge < -0.3 is 15.2 Å². The number of rotatable bonds is 3. The molecule has 1 atom stereocenters. The van der Waals surface area contributed by atoms with Crippen molar-refractivity contribution >= 4 is 5.91 Å². The zero-order chi connectivity index (χ0) is 10.7. The monoisotopic (exact) mass is 208 g/mol. The van der Waals surface area contributed by atoms with Gasteiger partial charge in [-0.25, -0.2) is 4.98 Å². The molecule has 1 saturated heterocycles.